The second kappa shape index (κ2) is 5.32. The predicted octanol–water partition coefficient (Wildman–Crippen LogP) is 1.29. The molecule has 0 aromatic heterocycles. The molecule has 1 amide bonds. The molecule has 1 aromatic rings. The van der Waals surface area contributed by atoms with Crippen molar-refractivity contribution in [2.45, 2.75) is 32.2 Å². The lowest BCUT2D eigenvalue weighted by Gasteiger charge is -2.25. The second-order valence-electron chi connectivity index (χ2n) is 4.80. The molecule has 1 aliphatic rings. The monoisotopic (exact) mass is 233 g/mol. The normalized spacial score (nSPS) is 20.5. The number of hydrogen-bond donors (Lipinski definition) is 2. The van der Waals surface area contributed by atoms with E-state index in [0.29, 0.717) is 0 Å². The molecule has 2 N–H and O–H groups in total. The molecule has 0 fully saturated rings. The molecule has 2 rings (SSSR count). The van der Waals surface area contributed by atoms with Gasteiger partial charge in [-0.1, -0.05) is 24.3 Å². The van der Waals surface area contributed by atoms with Crippen LogP contribution in [0.5, 0.6) is 0 Å². The third-order valence-corrected chi connectivity index (χ3v) is 3.38. The smallest absolute Gasteiger partial charge is 0.223 e. The van der Waals surface area contributed by atoms with Crippen LogP contribution < -0.4 is 5.32 Å². The SMILES string of the molecule is C[C@@H](CO)NC(=O)C1CCc2ccccc2C1. The van der Waals surface area contributed by atoms with Crippen LogP contribution in [0.3, 0.4) is 0 Å². The topological polar surface area (TPSA) is 49.3 Å². The van der Waals surface area contributed by atoms with Gasteiger partial charge in [0, 0.05) is 12.0 Å². The van der Waals surface area contributed by atoms with Gasteiger partial charge in [-0.15, -0.1) is 0 Å². The van der Waals surface area contributed by atoms with Crippen molar-refractivity contribution in [1.29, 1.82) is 0 Å². The Kier molecular flexibility index (Phi) is 3.79. The average molecular weight is 233 g/mol. The summed E-state index contributed by atoms with van der Waals surface area (Å²) >= 11 is 0. The summed E-state index contributed by atoms with van der Waals surface area (Å²) in [7, 11) is 0. The molecule has 0 saturated carbocycles. The molecule has 0 spiro atoms. The van der Waals surface area contributed by atoms with Crippen molar-refractivity contribution < 1.29 is 9.90 Å². The number of nitrogens with one attached hydrogen (secondary N) is 1. The minimum absolute atomic E-state index is 0.00491. The van der Waals surface area contributed by atoms with Gasteiger partial charge in [0.15, 0.2) is 0 Å². The number of aryl methyl sites for hydroxylation is 1. The van der Waals surface area contributed by atoms with Crippen LogP contribution in [0.1, 0.15) is 24.5 Å². The highest BCUT2D eigenvalue weighted by Gasteiger charge is 2.24. The van der Waals surface area contributed by atoms with E-state index in [2.05, 4.69) is 17.4 Å². The van der Waals surface area contributed by atoms with Crippen molar-refractivity contribution in [3.05, 3.63) is 35.4 Å². The van der Waals surface area contributed by atoms with Crippen LogP contribution in [0.2, 0.25) is 0 Å². The van der Waals surface area contributed by atoms with Crippen molar-refractivity contribution in [3.63, 3.8) is 0 Å². The fraction of sp³-hybridized carbons (Fsp3) is 0.500. The lowest BCUT2D eigenvalue weighted by atomic mass is 9.83. The summed E-state index contributed by atoms with van der Waals surface area (Å²) in [5.74, 6) is 0.125. The zero-order chi connectivity index (χ0) is 12.3. The zero-order valence-electron chi connectivity index (χ0n) is 10.1. The molecule has 0 heterocycles. The largest absolute Gasteiger partial charge is 0.394 e. The van der Waals surface area contributed by atoms with Crippen LogP contribution in [0, 0.1) is 5.92 Å². The van der Waals surface area contributed by atoms with E-state index in [1.54, 1.807) is 0 Å². The van der Waals surface area contributed by atoms with E-state index in [4.69, 9.17) is 5.11 Å². The average Bonchev–Trinajstić information content (AvgIpc) is 2.38. The molecular formula is C14H19NO2. The molecule has 3 heteroatoms. The Bertz CT molecular complexity index is 403. The standard InChI is InChI=1S/C14H19NO2/c1-10(9-16)15-14(17)13-7-6-11-4-2-3-5-12(11)8-13/h2-5,10,13,16H,6-9H2,1H3,(H,15,17)/t10-,13?/m0/s1. The van der Waals surface area contributed by atoms with Gasteiger partial charge in [0.05, 0.1) is 6.61 Å². The van der Waals surface area contributed by atoms with Gasteiger partial charge in [-0.3, -0.25) is 4.79 Å². The van der Waals surface area contributed by atoms with Crippen molar-refractivity contribution in [1.82, 2.24) is 5.32 Å². The fourth-order valence-corrected chi connectivity index (χ4v) is 2.33. The lowest BCUT2D eigenvalue weighted by molar-refractivity contribution is -0.126. The molecule has 0 radical (unpaired) electrons. The number of aliphatic hydroxyl groups excluding tert-OH is 1. The summed E-state index contributed by atoms with van der Waals surface area (Å²) in [6.07, 6.45) is 2.70. The molecule has 0 bridgehead atoms. The zero-order valence-corrected chi connectivity index (χ0v) is 10.1. The number of rotatable bonds is 3. The second-order valence-corrected chi connectivity index (χ2v) is 4.80. The first kappa shape index (κ1) is 12.1. The van der Waals surface area contributed by atoms with Crippen LogP contribution in [0.25, 0.3) is 0 Å². The van der Waals surface area contributed by atoms with Crippen molar-refractivity contribution in [2.75, 3.05) is 6.61 Å². The van der Waals surface area contributed by atoms with Gasteiger partial charge < -0.3 is 10.4 Å². The van der Waals surface area contributed by atoms with Gasteiger partial charge in [-0.05, 0) is 37.3 Å². The Morgan fingerprint density at radius 1 is 1.47 bits per heavy atom. The first-order valence-corrected chi connectivity index (χ1v) is 6.18. The molecule has 0 aliphatic heterocycles. The Morgan fingerprint density at radius 3 is 2.88 bits per heavy atom. The van der Waals surface area contributed by atoms with Crippen LogP contribution in [-0.2, 0) is 17.6 Å². The van der Waals surface area contributed by atoms with Gasteiger partial charge in [0.25, 0.3) is 0 Å². The fourth-order valence-electron chi connectivity index (χ4n) is 2.33. The summed E-state index contributed by atoms with van der Waals surface area (Å²) in [6, 6.07) is 8.16. The molecule has 2 atom stereocenters. The Balaban J connectivity index is 2.00. The number of benzene rings is 1. The summed E-state index contributed by atoms with van der Waals surface area (Å²) in [4.78, 5) is 12.0. The summed E-state index contributed by atoms with van der Waals surface area (Å²) in [6.45, 7) is 1.81. The van der Waals surface area contributed by atoms with Gasteiger partial charge in [-0.25, -0.2) is 0 Å². The Morgan fingerprint density at radius 2 is 2.18 bits per heavy atom. The van der Waals surface area contributed by atoms with Gasteiger partial charge in [-0.2, -0.15) is 0 Å². The van der Waals surface area contributed by atoms with Crippen molar-refractivity contribution in [3.8, 4) is 0 Å². The third kappa shape index (κ3) is 2.86. The van der Waals surface area contributed by atoms with Crippen molar-refractivity contribution >= 4 is 5.91 Å². The highest BCUT2D eigenvalue weighted by molar-refractivity contribution is 5.79. The maximum atomic E-state index is 12.0. The highest BCUT2D eigenvalue weighted by atomic mass is 16.3. The number of aliphatic hydroxyl groups is 1. The Labute approximate surface area is 102 Å². The van der Waals surface area contributed by atoms with E-state index in [-0.39, 0.29) is 24.5 Å². The maximum absolute atomic E-state index is 12.0. The third-order valence-electron chi connectivity index (χ3n) is 3.38. The minimum Gasteiger partial charge on any atom is -0.394 e. The number of fused-ring (bicyclic) bond motifs is 1. The van der Waals surface area contributed by atoms with E-state index in [1.165, 1.54) is 11.1 Å². The summed E-state index contributed by atoms with van der Waals surface area (Å²) in [5, 5.41) is 11.8. The van der Waals surface area contributed by atoms with Crippen molar-refractivity contribution in [2.24, 2.45) is 5.92 Å². The molecule has 0 saturated heterocycles. The number of amides is 1. The highest BCUT2D eigenvalue weighted by Crippen LogP contribution is 2.25. The molecule has 3 nitrogen and oxygen atoms in total. The van der Waals surface area contributed by atoms with Gasteiger partial charge in [0.2, 0.25) is 5.91 Å². The first-order chi connectivity index (χ1) is 8.20. The minimum atomic E-state index is -0.153. The summed E-state index contributed by atoms with van der Waals surface area (Å²) < 4.78 is 0. The van der Waals surface area contributed by atoms with Crippen LogP contribution >= 0.6 is 0 Å². The maximum Gasteiger partial charge on any atom is 0.223 e. The number of hydrogen-bond acceptors (Lipinski definition) is 2. The first-order valence-electron chi connectivity index (χ1n) is 6.18. The Hall–Kier alpha value is -1.35. The van der Waals surface area contributed by atoms with Crippen LogP contribution in [0.15, 0.2) is 24.3 Å². The number of carbonyl (C=O) groups is 1. The van der Waals surface area contributed by atoms with E-state index in [0.717, 1.165) is 19.3 Å². The van der Waals surface area contributed by atoms with Gasteiger partial charge >= 0.3 is 0 Å². The quantitative estimate of drug-likeness (QED) is 0.826. The van der Waals surface area contributed by atoms with Gasteiger partial charge in [0.1, 0.15) is 0 Å². The molecule has 1 aromatic carbocycles. The molecule has 1 unspecified atom stereocenters. The van der Waals surface area contributed by atoms with E-state index in [9.17, 15) is 4.79 Å². The molecule has 92 valence electrons. The number of carbonyl (C=O) groups excluding carboxylic acids is 1. The van der Waals surface area contributed by atoms with E-state index < -0.39 is 0 Å². The molecule has 1 aliphatic carbocycles. The lowest BCUT2D eigenvalue weighted by Crippen LogP contribution is -2.40. The van der Waals surface area contributed by atoms with Crippen LogP contribution in [0.4, 0.5) is 0 Å². The summed E-state index contributed by atoms with van der Waals surface area (Å²) in [5.41, 5.74) is 2.65. The molecule has 17 heavy (non-hydrogen) atoms. The predicted molar refractivity (Wildman–Crippen MR) is 66.6 cm³/mol. The van der Waals surface area contributed by atoms with E-state index >= 15 is 0 Å². The molecular weight excluding hydrogens is 214 g/mol. The van der Waals surface area contributed by atoms with E-state index in [1.807, 2.05) is 19.1 Å². The van der Waals surface area contributed by atoms with Crippen LogP contribution in [-0.4, -0.2) is 23.7 Å².